The zero-order chi connectivity index (χ0) is 13.8. The fourth-order valence-corrected chi connectivity index (χ4v) is 1.67. The van der Waals surface area contributed by atoms with Crippen molar-refractivity contribution in [2.24, 2.45) is 5.73 Å². The number of pyridine rings is 1. The van der Waals surface area contributed by atoms with E-state index in [1.807, 2.05) is 6.07 Å². The van der Waals surface area contributed by atoms with Crippen molar-refractivity contribution < 1.29 is 8.78 Å². The third kappa shape index (κ3) is 2.43. The molecule has 0 saturated carbocycles. The van der Waals surface area contributed by atoms with E-state index >= 15 is 0 Å². The smallest absolute Gasteiger partial charge is 0.135 e. The first-order chi connectivity index (χ1) is 9.15. The van der Waals surface area contributed by atoms with Gasteiger partial charge in [-0.05, 0) is 18.2 Å². The second-order valence-corrected chi connectivity index (χ2v) is 3.74. The van der Waals surface area contributed by atoms with E-state index in [1.165, 1.54) is 18.5 Å². The molecule has 0 aliphatic heterocycles. The average molecular weight is 257 g/mol. The predicted molar refractivity (Wildman–Crippen MR) is 67.2 cm³/mol. The lowest BCUT2D eigenvalue weighted by atomic mass is 10.0. The number of halogens is 2. The number of allylic oxidation sites excluding steroid dienone is 1. The van der Waals surface area contributed by atoms with Crippen LogP contribution in [0.2, 0.25) is 0 Å². The van der Waals surface area contributed by atoms with E-state index in [1.54, 1.807) is 12.1 Å². The van der Waals surface area contributed by atoms with Crippen LogP contribution in [0.3, 0.4) is 0 Å². The highest BCUT2D eigenvalue weighted by molar-refractivity contribution is 5.96. The largest absolute Gasteiger partial charge is 0.397 e. The maximum Gasteiger partial charge on any atom is 0.135 e. The van der Waals surface area contributed by atoms with E-state index in [0.717, 1.165) is 12.1 Å². The maximum atomic E-state index is 13.6. The van der Waals surface area contributed by atoms with Gasteiger partial charge in [-0.15, -0.1) is 0 Å². The fraction of sp³-hybridized carbons (Fsp3) is 0. The lowest BCUT2D eigenvalue weighted by Crippen LogP contribution is -2.05. The van der Waals surface area contributed by atoms with Crippen molar-refractivity contribution >= 4 is 11.3 Å². The van der Waals surface area contributed by atoms with Gasteiger partial charge in [0.05, 0.1) is 16.8 Å². The number of hydrogen-bond acceptors (Lipinski definition) is 3. The summed E-state index contributed by atoms with van der Waals surface area (Å²) >= 11 is 0. The molecule has 0 atom stereocenters. The highest BCUT2D eigenvalue weighted by Gasteiger charge is 2.16. The van der Waals surface area contributed by atoms with Gasteiger partial charge in [-0.2, -0.15) is 5.26 Å². The summed E-state index contributed by atoms with van der Waals surface area (Å²) in [7, 11) is 0. The molecule has 1 aromatic carbocycles. The monoisotopic (exact) mass is 257 g/mol. The zero-order valence-corrected chi connectivity index (χ0v) is 9.77. The van der Waals surface area contributed by atoms with Crippen LogP contribution in [0.5, 0.6) is 0 Å². The first-order valence-electron chi connectivity index (χ1n) is 5.39. The van der Waals surface area contributed by atoms with Crippen LogP contribution in [0, 0.1) is 23.0 Å². The molecule has 0 amide bonds. The summed E-state index contributed by atoms with van der Waals surface area (Å²) in [5.41, 5.74) is 5.48. The Bertz CT molecular complexity index is 653. The van der Waals surface area contributed by atoms with Crippen molar-refractivity contribution in [3.8, 4) is 6.07 Å². The normalized spacial score (nSPS) is 11.6. The number of nitrogens with zero attached hydrogens (tertiary/aromatic N) is 2. The molecular weight excluding hydrogens is 248 g/mol. The molecule has 2 aromatic rings. The van der Waals surface area contributed by atoms with E-state index in [0.29, 0.717) is 5.56 Å². The van der Waals surface area contributed by atoms with Crippen LogP contribution in [0.15, 0.2) is 42.7 Å². The second kappa shape index (κ2) is 5.27. The lowest BCUT2D eigenvalue weighted by Gasteiger charge is -2.08. The molecular formula is C14H9F2N3. The fourth-order valence-electron chi connectivity index (χ4n) is 1.67. The van der Waals surface area contributed by atoms with E-state index in [2.05, 4.69) is 4.98 Å². The average Bonchev–Trinajstić information content (AvgIpc) is 2.40. The van der Waals surface area contributed by atoms with Crippen molar-refractivity contribution in [3.05, 3.63) is 65.5 Å². The van der Waals surface area contributed by atoms with Crippen LogP contribution in [0.4, 0.5) is 8.78 Å². The van der Waals surface area contributed by atoms with Gasteiger partial charge in [-0.3, -0.25) is 4.98 Å². The minimum absolute atomic E-state index is 0.0166. The molecule has 0 radical (unpaired) electrons. The molecule has 0 aliphatic rings. The molecule has 0 saturated heterocycles. The van der Waals surface area contributed by atoms with Gasteiger partial charge in [0.25, 0.3) is 0 Å². The lowest BCUT2D eigenvalue weighted by molar-refractivity contribution is 0.576. The van der Waals surface area contributed by atoms with Crippen LogP contribution in [-0.2, 0) is 0 Å². The number of aromatic nitrogens is 1. The standard InChI is InChI=1S/C14H9F2N3/c15-11-4-1-5-12(16)13(11)14(18)10(7-17)9-3-2-6-19-8-9/h1-6,8H,18H2/b14-10-. The predicted octanol–water partition coefficient (Wildman–Crippen LogP) is 2.71. The van der Waals surface area contributed by atoms with Gasteiger partial charge >= 0.3 is 0 Å². The molecule has 0 unspecified atom stereocenters. The highest BCUT2D eigenvalue weighted by atomic mass is 19.1. The maximum absolute atomic E-state index is 13.6. The summed E-state index contributed by atoms with van der Waals surface area (Å²) in [6.45, 7) is 0. The SMILES string of the molecule is N#C/C(=C(/N)c1c(F)cccc1F)c1cccnc1. The molecule has 1 aromatic heterocycles. The first kappa shape index (κ1) is 12.7. The van der Waals surface area contributed by atoms with Crippen LogP contribution in [0.1, 0.15) is 11.1 Å². The number of nitriles is 1. The molecule has 3 nitrogen and oxygen atoms in total. The molecule has 2 rings (SSSR count). The van der Waals surface area contributed by atoms with E-state index in [9.17, 15) is 8.78 Å². The molecule has 1 heterocycles. The quantitative estimate of drug-likeness (QED) is 0.841. The minimum atomic E-state index is -0.811. The van der Waals surface area contributed by atoms with Gasteiger partial charge in [-0.25, -0.2) is 8.78 Å². The van der Waals surface area contributed by atoms with Crippen LogP contribution in [0.25, 0.3) is 11.3 Å². The van der Waals surface area contributed by atoms with Crippen LogP contribution in [-0.4, -0.2) is 4.98 Å². The Morgan fingerprint density at radius 3 is 2.37 bits per heavy atom. The Labute approximate surface area is 108 Å². The van der Waals surface area contributed by atoms with Crippen molar-refractivity contribution in [2.45, 2.75) is 0 Å². The summed E-state index contributed by atoms with van der Waals surface area (Å²) in [5, 5.41) is 9.13. The van der Waals surface area contributed by atoms with Gasteiger partial charge in [0.1, 0.15) is 17.7 Å². The van der Waals surface area contributed by atoms with Gasteiger partial charge in [0.15, 0.2) is 0 Å². The Hall–Kier alpha value is -2.74. The Kier molecular flexibility index (Phi) is 3.53. The van der Waals surface area contributed by atoms with Gasteiger partial charge in [0.2, 0.25) is 0 Å². The van der Waals surface area contributed by atoms with Gasteiger partial charge in [0, 0.05) is 18.0 Å². The van der Waals surface area contributed by atoms with Crippen molar-refractivity contribution in [1.29, 1.82) is 5.26 Å². The van der Waals surface area contributed by atoms with Crippen molar-refractivity contribution in [1.82, 2.24) is 4.98 Å². The topological polar surface area (TPSA) is 62.7 Å². The third-order valence-electron chi connectivity index (χ3n) is 2.56. The Morgan fingerprint density at radius 1 is 1.16 bits per heavy atom. The molecule has 0 fully saturated rings. The summed E-state index contributed by atoms with van der Waals surface area (Å²) in [5.74, 6) is -1.62. The number of benzene rings is 1. The minimum Gasteiger partial charge on any atom is -0.397 e. The molecule has 0 bridgehead atoms. The van der Waals surface area contributed by atoms with Crippen LogP contribution < -0.4 is 5.73 Å². The molecule has 0 aliphatic carbocycles. The van der Waals surface area contributed by atoms with E-state index < -0.39 is 17.2 Å². The molecule has 19 heavy (non-hydrogen) atoms. The number of nitrogens with two attached hydrogens (primary N) is 1. The molecule has 94 valence electrons. The first-order valence-corrected chi connectivity index (χ1v) is 5.39. The Balaban J connectivity index is 2.67. The van der Waals surface area contributed by atoms with Crippen molar-refractivity contribution in [3.63, 3.8) is 0 Å². The zero-order valence-electron chi connectivity index (χ0n) is 9.77. The Morgan fingerprint density at radius 2 is 1.84 bits per heavy atom. The summed E-state index contributed by atoms with van der Waals surface area (Å²) < 4.78 is 27.3. The summed E-state index contributed by atoms with van der Waals surface area (Å²) in [6.07, 6.45) is 2.93. The summed E-state index contributed by atoms with van der Waals surface area (Å²) in [4.78, 5) is 3.85. The van der Waals surface area contributed by atoms with Gasteiger partial charge < -0.3 is 5.73 Å². The van der Waals surface area contributed by atoms with Crippen molar-refractivity contribution in [2.75, 3.05) is 0 Å². The van der Waals surface area contributed by atoms with E-state index in [4.69, 9.17) is 11.0 Å². The molecule has 2 N–H and O–H groups in total. The summed E-state index contributed by atoms with van der Waals surface area (Å²) in [6, 6.07) is 8.46. The number of hydrogen-bond donors (Lipinski definition) is 1. The molecule has 0 spiro atoms. The second-order valence-electron chi connectivity index (χ2n) is 3.74. The number of rotatable bonds is 2. The van der Waals surface area contributed by atoms with E-state index in [-0.39, 0.29) is 11.3 Å². The third-order valence-corrected chi connectivity index (χ3v) is 2.56. The highest BCUT2D eigenvalue weighted by Crippen LogP contribution is 2.25. The molecule has 5 heteroatoms. The van der Waals surface area contributed by atoms with Crippen LogP contribution >= 0.6 is 0 Å². The van der Waals surface area contributed by atoms with Gasteiger partial charge in [-0.1, -0.05) is 12.1 Å².